The fraction of sp³-hybridized carbons (Fsp3) is 0.375. The van der Waals surface area contributed by atoms with Crippen LogP contribution in [0.25, 0.3) is 0 Å². The molecule has 3 aromatic rings. The number of benzene rings is 3. The maximum atomic E-state index is 13.8. The van der Waals surface area contributed by atoms with Crippen molar-refractivity contribution in [2.24, 2.45) is 0 Å². The summed E-state index contributed by atoms with van der Waals surface area (Å²) in [4.78, 5) is 30.5. The van der Waals surface area contributed by atoms with Crippen molar-refractivity contribution in [1.82, 2.24) is 10.2 Å². The fourth-order valence-corrected chi connectivity index (χ4v) is 5.98. The van der Waals surface area contributed by atoms with E-state index in [1.165, 1.54) is 12.0 Å². The number of hydrogen-bond acceptors (Lipinski definition) is 3. The molecule has 4 rings (SSSR count). The van der Waals surface area contributed by atoms with Crippen LogP contribution in [0.15, 0.2) is 83.8 Å². The number of carbonyl (C=O) groups excluding carboxylic acids is 2. The summed E-state index contributed by atoms with van der Waals surface area (Å²) in [5, 5.41) is 3.89. The number of nitrogens with zero attached hydrogens (tertiary/aromatic N) is 1. The minimum absolute atomic E-state index is 0.0377. The molecule has 6 heteroatoms. The van der Waals surface area contributed by atoms with Crippen molar-refractivity contribution < 1.29 is 9.59 Å². The van der Waals surface area contributed by atoms with Gasteiger partial charge in [-0.15, -0.1) is 11.8 Å². The first-order valence-electron chi connectivity index (χ1n) is 13.6. The zero-order valence-electron chi connectivity index (χ0n) is 22.1. The van der Waals surface area contributed by atoms with Gasteiger partial charge in [-0.2, -0.15) is 0 Å². The summed E-state index contributed by atoms with van der Waals surface area (Å²) in [7, 11) is 0. The van der Waals surface area contributed by atoms with Crippen LogP contribution in [0.2, 0.25) is 5.02 Å². The molecule has 0 bridgehead atoms. The summed E-state index contributed by atoms with van der Waals surface area (Å²) in [6.07, 6.45) is 6.27. The Balaban J connectivity index is 1.56. The highest BCUT2D eigenvalue weighted by molar-refractivity contribution is 7.99. The second kappa shape index (κ2) is 14.4. The lowest BCUT2D eigenvalue weighted by molar-refractivity contribution is -0.141. The summed E-state index contributed by atoms with van der Waals surface area (Å²) in [6.45, 7) is 2.36. The van der Waals surface area contributed by atoms with Gasteiger partial charge >= 0.3 is 0 Å². The van der Waals surface area contributed by atoms with Gasteiger partial charge in [0.05, 0.1) is 0 Å². The molecule has 1 aliphatic carbocycles. The second-order valence-electron chi connectivity index (χ2n) is 10.1. The van der Waals surface area contributed by atoms with Crippen LogP contribution in [0.5, 0.6) is 0 Å². The minimum Gasteiger partial charge on any atom is -0.352 e. The molecule has 0 aromatic heterocycles. The standard InChI is InChI=1S/C32H37ClN2O2S/c1-24-16-18-28(19-17-24)38-21-20-31(36)35(23-26-12-8-9-15-29(26)33)30(22-25-10-4-2-5-11-25)32(37)34-27-13-6-3-7-14-27/h2,4-5,8-12,15-19,27,30H,3,6-7,13-14,20-23H2,1H3,(H,34,37)/t30-/m0/s1. The quantitative estimate of drug-likeness (QED) is 0.257. The van der Waals surface area contributed by atoms with E-state index in [-0.39, 0.29) is 17.9 Å². The predicted molar refractivity (Wildman–Crippen MR) is 157 cm³/mol. The van der Waals surface area contributed by atoms with Crippen LogP contribution in [0.4, 0.5) is 0 Å². The number of nitrogens with one attached hydrogen (secondary N) is 1. The van der Waals surface area contributed by atoms with Gasteiger partial charge in [0.25, 0.3) is 0 Å². The summed E-state index contributed by atoms with van der Waals surface area (Å²) >= 11 is 8.19. The Hall–Kier alpha value is -2.76. The van der Waals surface area contributed by atoms with Gasteiger partial charge in [-0.25, -0.2) is 0 Å². The highest BCUT2D eigenvalue weighted by Gasteiger charge is 2.32. The van der Waals surface area contributed by atoms with Gasteiger partial charge in [0.2, 0.25) is 11.8 Å². The van der Waals surface area contributed by atoms with Crippen LogP contribution in [-0.2, 0) is 22.6 Å². The number of amides is 2. The molecule has 0 aliphatic heterocycles. The van der Waals surface area contributed by atoms with Crippen molar-refractivity contribution in [3.63, 3.8) is 0 Å². The first kappa shape index (κ1) is 28.3. The summed E-state index contributed by atoms with van der Waals surface area (Å²) < 4.78 is 0. The zero-order chi connectivity index (χ0) is 26.7. The van der Waals surface area contributed by atoms with E-state index in [9.17, 15) is 9.59 Å². The molecule has 38 heavy (non-hydrogen) atoms. The highest BCUT2D eigenvalue weighted by atomic mass is 35.5. The predicted octanol–water partition coefficient (Wildman–Crippen LogP) is 7.22. The third-order valence-electron chi connectivity index (χ3n) is 7.13. The molecule has 0 radical (unpaired) electrons. The van der Waals surface area contributed by atoms with Crippen LogP contribution in [0.3, 0.4) is 0 Å². The molecule has 2 amide bonds. The molecule has 3 aromatic carbocycles. The molecular formula is C32H37ClN2O2S. The molecule has 1 N–H and O–H groups in total. The van der Waals surface area contributed by atoms with Crippen LogP contribution in [0, 0.1) is 6.92 Å². The summed E-state index contributed by atoms with van der Waals surface area (Å²) in [5.41, 5.74) is 3.09. The lowest BCUT2D eigenvalue weighted by Gasteiger charge is -2.33. The number of aryl methyl sites for hydroxylation is 1. The van der Waals surface area contributed by atoms with E-state index in [1.54, 1.807) is 16.7 Å². The Kier molecular flexibility index (Phi) is 10.7. The number of rotatable bonds is 11. The van der Waals surface area contributed by atoms with E-state index in [1.807, 2.05) is 54.6 Å². The van der Waals surface area contributed by atoms with Gasteiger partial charge in [0, 0.05) is 41.1 Å². The molecule has 1 atom stereocenters. The topological polar surface area (TPSA) is 49.4 Å². The molecule has 200 valence electrons. The van der Waals surface area contributed by atoms with Crippen LogP contribution in [-0.4, -0.2) is 34.6 Å². The monoisotopic (exact) mass is 548 g/mol. The van der Waals surface area contributed by atoms with Crippen LogP contribution < -0.4 is 5.32 Å². The normalized spacial score (nSPS) is 14.6. The number of thioether (sulfide) groups is 1. The smallest absolute Gasteiger partial charge is 0.243 e. The average Bonchev–Trinajstić information content (AvgIpc) is 2.93. The third-order valence-corrected chi connectivity index (χ3v) is 8.51. The number of hydrogen-bond donors (Lipinski definition) is 1. The Bertz CT molecular complexity index is 1180. The van der Waals surface area contributed by atoms with E-state index in [2.05, 4.69) is 36.5 Å². The Morgan fingerprint density at radius 2 is 1.63 bits per heavy atom. The molecule has 0 spiro atoms. The largest absolute Gasteiger partial charge is 0.352 e. The van der Waals surface area contributed by atoms with Crippen molar-refractivity contribution >= 4 is 35.2 Å². The number of carbonyl (C=O) groups is 2. The highest BCUT2D eigenvalue weighted by Crippen LogP contribution is 2.24. The Labute approximate surface area is 236 Å². The second-order valence-corrected chi connectivity index (χ2v) is 11.6. The van der Waals surface area contributed by atoms with Crippen molar-refractivity contribution in [3.05, 3.63) is 101 Å². The van der Waals surface area contributed by atoms with Crippen molar-refractivity contribution in [1.29, 1.82) is 0 Å². The lowest BCUT2D eigenvalue weighted by atomic mass is 9.94. The molecule has 1 aliphatic rings. The summed E-state index contributed by atoms with van der Waals surface area (Å²) in [5.74, 6) is 0.528. The van der Waals surface area contributed by atoms with Gasteiger partial charge in [-0.1, -0.05) is 97.1 Å². The Morgan fingerprint density at radius 1 is 0.947 bits per heavy atom. The first-order valence-corrected chi connectivity index (χ1v) is 14.9. The van der Waals surface area contributed by atoms with Crippen molar-refractivity contribution in [2.75, 3.05) is 5.75 Å². The number of halogens is 1. The maximum absolute atomic E-state index is 13.8. The fourth-order valence-electron chi connectivity index (χ4n) is 4.94. The van der Waals surface area contributed by atoms with Crippen LogP contribution >= 0.6 is 23.4 Å². The zero-order valence-corrected chi connectivity index (χ0v) is 23.6. The third kappa shape index (κ3) is 8.37. The maximum Gasteiger partial charge on any atom is 0.243 e. The molecule has 0 unspecified atom stereocenters. The van der Waals surface area contributed by atoms with Gasteiger partial charge in [-0.05, 0) is 49.1 Å². The van der Waals surface area contributed by atoms with E-state index in [4.69, 9.17) is 11.6 Å². The molecule has 1 fully saturated rings. The first-order chi connectivity index (χ1) is 18.5. The van der Waals surface area contributed by atoms with E-state index < -0.39 is 6.04 Å². The van der Waals surface area contributed by atoms with Crippen molar-refractivity contribution in [2.45, 2.75) is 75.4 Å². The molecule has 4 nitrogen and oxygen atoms in total. The minimum atomic E-state index is -0.618. The van der Waals surface area contributed by atoms with Gasteiger partial charge in [0.1, 0.15) is 6.04 Å². The van der Waals surface area contributed by atoms with Gasteiger partial charge in [-0.3, -0.25) is 9.59 Å². The van der Waals surface area contributed by atoms with E-state index in [0.29, 0.717) is 30.2 Å². The summed E-state index contributed by atoms with van der Waals surface area (Å²) in [6, 6.07) is 25.4. The van der Waals surface area contributed by atoms with Crippen molar-refractivity contribution in [3.8, 4) is 0 Å². The molecule has 0 saturated heterocycles. The molecule has 0 heterocycles. The molecular weight excluding hydrogens is 512 g/mol. The van der Waals surface area contributed by atoms with Gasteiger partial charge < -0.3 is 10.2 Å². The SMILES string of the molecule is Cc1ccc(SCCC(=O)N(Cc2ccccc2Cl)[C@@H](Cc2ccccc2)C(=O)NC2CCCCC2)cc1. The van der Waals surface area contributed by atoms with Gasteiger partial charge in [0.15, 0.2) is 0 Å². The Morgan fingerprint density at radius 3 is 2.34 bits per heavy atom. The van der Waals surface area contributed by atoms with E-state index in [0.717, 1.165) is 41.7 Å². The lowest BCUT2D eigenvalue weighted by Crippen LogP contribution is -2.53. The average molecular weight is 549 g/mol. The van der Waals surface area contributed by atoms with E-state index >= 15 is 0 Å². The van der Waals surface area contributed by atoms with Crippen LogP contribution in [0.1, 0.15) is 55.2 Å². The molecule has 1 saturated carbocycles.